The molecular formula is C21H32N6O3S. The van der Waals surface area contributed by atoms with Gasteiger partial charge in [0.15, 0.2) is 0 Å². The Labute approximate surface area is 186 Å². The van der Waals surface area contributed by atoms with E-state index in [2.05, 4.69) is 32.1 Å². The molecule has 1 N–H and O–H groups in total. The SMILES string of the molecule is CCCc1cc(=O)n2nc(N3CCC(C(=O)NCCCN4CCOCC4)CC3)sc2n1. The van der Waals surface area contributed by atoms with E-state index in [9.17, 15) is 9.59 Å². The summed E-state index contributed by atoms with van der Waals surface area (Å²) in [6.07, 6.45) is 4.32. The number of piperidine rings is 1. The maximum absolute atomic E-state index is 12.5. The molecule has 2 saturated heterocycles. The van der Waals surface area contributed by atoms with Gasteiger partial charge in [0.2, 0.25) is 16.0 Å². The van der Waals surface area contributed by atoms with Gasteiger partial charge in [-0.1, -0.05) is 24.7 Å². The van der Waals surface area contributed by atoms with Crippen molar-refractivity contribution < 1.29 is 9.53 Å². The molecule has 170 valence electrons. The van der Waals surface area contributed by atoms with E-state index in [0.717, 1.165) is 95.4 Å². The number of carbonyl (C=O) groups is 1. The number of aryl methyl sites for hydroxylation is 1. The first-order valence-electron chi connectivity index (χ1n) is 11.4. The number of morpholine rings is 1. The fourth-order valence-electron chi connectivity index (χ4n) is 4.17. The highest BCUT2D eigenvalue weighted by molar-refractivity contribution is 7.20. The molecule has 0 atom stereocenters. The van der Waals surface area contributed by atoms with Crippen LogP contribution in [0.25, 0.3) is 4.96 Å². The summed E-state index contributed by atoms with van der Waals surface area (Å²) in [6, 6.07) is 1.58. The predicted octanol–water partition coefficient (Wildman–Crippen LogP) is 1.16. The fraction of sp³-hybridized carbons (Fsp3) is 0.714. The Kier molecular flexibility index (Phi) is 7.52. The third-order valence-electron chi connectivity index (χ3n) is 5.98. The van der Waals surface area contributed by atoms with Gasteiger partial charge in [0.1, 0.15) is 0 Å². The van der Waals surface area contributed by atoms with Crippen molar-refractivity contribution in [1.29, 1.82) is 0 Å². The van der Waals surface area contributed by atoms with Crippen molar-refractivity contribution in [3.8, 4) is 0 Å². The van der Waals surface area contributed by atoms with Crippen LogP contribution >= 0.6 is 11.3 Å². The van der Waals surface area contributed by atoms with Crippen LogP contribution in [0.2, 0.25) is 0 Å². The molecule has 0 radical (unpaired) electrons. The average molecular weight is 449 g/mol. The van der Waals surface area contributed by atoms with Gasteiger partial charge in [-0.15, -0.1) is 5.10 Å². The second-order valence-corrected chi connectivity index (χ2v) is 9.21. The molecule has 2 aliphatic rings. The molecule has 0 bridgehead atoms. The van der Waals surface area contributed by atoms with Crippen LogP contribution in [0.4, 0.5) is 5.13 Å². The van der Waals surface area contributed by atoms with Crippen LogP contribution in [0.1, 0.15) is 38.3 Å². The van der Waals surface area contributed by atoms with Gasteiger partial charge in [-0.05, 0) is 32.2 Å². The van der Waals surface area contributed by atoms with Gasteiger partial charge >= 0.3 is 0 Å². The van der Waals surface area contributed by atoms with Crippen molar-refractivity contribution in [2.24, 2.45) is 5.92 Å². The van der Waals surface area contributed by atoms with Crippen LogP contribution in [0.5, 0.6) is 0 Å². The topological polar surface area (TPSA) is 92.1 Å². The Morgan fingerprint density at radius 2 is 2.03 bits per heavy atom. The van der Waals surface area contributed by atoms with Crippen molar-refractivity contribution in [2.45, 2.75) is 39.0 Å². The Bertz CT molecular complexity index is 931. The van der Waals surface area contributed by atoms with E-state index in [-0.39, 0.29) is 17.4 Å². The van der Waals surface area contributed by atoms with Crippen LogP contribution in [0, 0.1) is 5.92 Å². The number of hydrogen-bond acceptors (Lipinski definition) is 8. The minimum absolute atomic E-state index is 0.0472. The van der Waals surface area contributed by atoms with Gasteiger partial charge in [0.05, 0.1) is 13.2 Å². The van der Waals surface area contributed by atoms with Gasteiger partial charge in [0.25, 0.3) is 5.56 Å². The molecule has 2 aliphatic heterocycles. The first-order chi connectivity index (χ1) is 15.1. The molecule has 2 aromatic heterocycles. The van der Waals surface area contributed by atoms with E-state index in [4.69, 9.17) is 4.74 Å². The molecule has 0 aromatic carbocycles. The zero-order valence-corrected chi connectivity index (χ0v) is 19.0. The molecule has 4 heterocycles. The highest BCUT2D eigenvalue weighted by Crippen LogP contribution is 2.27. The fourth-order valence-corrected chi connectivity index (χ4v) is 5.15. The van der Waals surface area contributed by atoms with Crippen molar-refractivity contribution in [3.63, 3.8) is 0 Å². The molecule has 0 unspecified atom stereocenters. The Hall–Kier alpha value is -2.04. The van der Waals surface area contributed by atoms with E-state index in [1.165, 1.54) is 15.9 Å². The standard InChI is InChI=1S/C21H32N6O3S/c1-2-4-17-15-18(28)27-20(23-17)31-21(24-27)26-9-5-16(6-10-26)19(29)22-7-3-8-25-11-13-30-14-12-25/h15-16H,2-14H2,1H3,(H,22,29). The average Bonchev–Trinajstić information content (AvgIpc) is 3.22. The van der Waals surface area contributed by atoms with Gasteiger partial charge in [-0.3, -0.25) is 14.5 Å². The minimum Gasteiger partial charge on any atom is -0.379 e. The number of aromatic nitrogens is 3. The molecule has 2 aromatic rings. The van der Waals surface area contributed by atoms with E-state index in [0.29, 0.717) is 4.96 Å². The predicted molar refractivity (Wildman–Crippen MR) is 121 cm³/mol. The molecule has 0 saturated carbocycles. The number of amides is 1. The summed E-state index contributed by atoms with van der Waals surface area (Å²) in [5, 5.41) is 8.40. The first-order valence-corrected chi connectivity index (χ1v) is 12.2. The smallest absolute Gasteiger partial charge is 0.275 e. The van der Waals surface area contributed by atoms with Gasteiger partial charge in [-0.2, -0.15) is 4.52 Å². The maximum Gasteiger partial charge on any atom is 0.275 e. The van der Waals surface area contributed by atoms with E-state index in [1.807, 2.05) is 0 Å². The lowest BCUT2D eigenvalue weighted by molar-refractivity contribution is -0.125. The Balaban J connectivity index is 1.25. The molecule has 10 heteroatoms. The van der Waals surface area contributed by atoms with Crippen molar-refractivity contribution in [1.82, 2.24) is 24.8 Å². The van der Waals surface area contributed by atoms with Crippen LogP contribution in [-0.4, -0.2) is 77.9 Å². The zero-order chi connectivity index (χ0) is 21.6. The highest BCUT2D eigenvalue weighted by Gasteiger charge is 2.26. The molecule has 2 fully saturated rings. The number of rotatable bonds is 8. The Morgan fingerprint density at radius 1 is 1.26 bits per heavy atom. The molecule has 4 rings (SSSR count). The number of anilines is 1. The largest absolute Gasteiger partial charge is 0.379 e. The number of nitrogens with zero attached hydrogens (tertiary/aromatic N) is 5. The van der Waals surface area contributed by atoms with Gasteiger partial charge in [-0.25, -0.2) is 4.98 Å². The Morgan fingerprint density at radius 3 is 2.77 bits per heavy atom. The van der Waals surface area contributed by atoms with Crippen molar-refractivity contribution >= 4 is 27.3 Å². The summed E-state index contributed by atoms with van der Waals surface area (Å²) in [6.45, 7) is 8.93. The number of carbonyl (C=O) groups excluding carboxylic acids is 1. The van der Waals surface area contributed by atoms with E-state index >= 15 is 0 Å². The third-order valence-corrected chi connectivity index (χ3v) is 6.95. The van der Waals surface area contributed by atoms with Gasteiger partial charge in [0, 0.05) is 50.4 Å². The van der Waals surface area contributed by atoms with E-state index < -0.39 is 0 Å². The molecule has 0 spiro atoms. The third kappa shape index (κ3) is 5.61. The van der Waals surface area contributed by atoms with E-state index in [1.54, 1.807) is 6.07 Å². The van der Waals surface area contributed by atoms with Gasteiger partial charge < -0.3 is 15.0 Å². The second-order valence-electron chi connectivity index (χ2n) is 8.27. The maximum atomic E-state index is 12.5. The highest BCUT2D eigenvalue weighted by atomic mass is 32.1. The monoisotopic (exact) mass is 448 g/mol. The summed E-state index contributed by atoms with van der Waals surface area (Å²) in [4.78, 5) is 34.6. The molecule has 31 heavy (non-hydrogen) atoms. The number of nitrogens with one attached hydrogen (secondary N) is 1. The number of ether oxygens (including phenoxy) is 1. The van der Waals surface area contributed by atoms with Crippen molar-refractivity contribution in [2.75, 3.05) is 57.4 Å². The number of fused-ring (bicyclic) bond motifs is 1. The summed E-state index contributed by atoms with van der Waals surface area (Å²) in [7, 11) is 0. The van der Waals surface area contributed by atoms with Crippen LogP contribution in [-0.2, 0) is 16.0 Å². The lowest BCUT2D eigenvalue weighted by atomic mass is 9.96. The molecule has 0 aliphatic carbocycles. The van der Waals surface area contributed by atoms with Crippen LogP contribution < -0.4 is 15.8 Å². The molecule has 1 amide bonds. The lowest BCUT2D eigenvalue weighted by Crippen LogP contribution is -2.42. The van der Waals surface area contributed by atoms with Crippen LogP contribution in [0.15, 0.2) is 10.9 Å². The first kappa shape index (κ1) is 22.2. The summed E-state index contributed by atoms with van der Waals surface area (Å²) >= 11 is 1.45. The minimum atomic E-state index is -0.123. The number of hydrogen-bond donors (Lipinski definition) is 1. The second kappa shape index (κ2) is 10.5. The summed E-state index contributed by atoms with van der Waals surface area (Å²) < 4.78 is 6.76. The molecular weight excluding hydrogens is 416 g/mol. The summed E-state index contributed by atoms with van der Waals surface area (Å²) in [5.74, 6) is 0.207. The molecule has 9 nitrogen and oxygen atoms in total. The lowest BCUT2D eigenvalue weighted by Gasteiger charge is -2.30. The normalized spacial score (nSPS) is 18.5. The van der Waals surface area contributed by atoms with Crippen LogP contribution in [0.3, 0.4) is 0 Å². The quantitative estimate of drug-likeness (QED) is 0.606. The zero-order valence-electron chi connectivity index (χ0n) is 18.2. The summed E-state index contributed by atoms with van der Waals surface area (Å²) in [5.41, 5.74) is 0.703. The van der Waals surface area contributed by atoms with Crippen molar-refractivity contribution in [3.05, 3.63) is 22.1 Å².